The molecular weight excluding hydrogens is 328 g/mol. The molecule has 0 aliphatic carbocycles. The van der Waals surface area contributed by atoms with Gasteiger partial charge in [-0.05, 0) is 30.7 Å². The first kappa shape index (κ1) is 16.8. The Kier molecular flexibility index (Phi) is 4.97. The summed E-state index contributed by atoms with van der Waals surface area (Å²) in [6.07, 6.45) is 0.921. The second-order valence-electron chi connectivity index (χ2n) is 6.60. The van der Waals surface area contributed by atoms with Crippen molar-refractivity contribution in [3.05, 3.63) is 54.6 Å². The monoisotopic (exact) mass is 352 g/mol. The Hall–Kier alpha value is -2.66. The second kappa shape index (κ2) is 7.70. The average molecular weight is 352 g/mol. The Morgan fingerprint density at radius 2 is 1.65 bits per heavy atom. The Morgan fingerprint density at radius 1 is 0.923 bits per heavy atom. The Morgan fingerprint density at radius 3 is 2.46 bits per heavy atom. The van der Waals surface area contributed by atoms with Crippen molar-refractivity contribution < 1.29 is 14.3 Å². The van der Waals surface area contributed by atoms with Crippen LogP contribution in [0.3, 0.4) is 0 Å². The standard InChI is InChI=1S/C21H24N2O3/c24-21-20(18-9-4-5-10-19(18)26-21)25-16-6-11-22-12-14-23(15-13-22)17-7-2-1-3-8-17/h1-5,7-10,24H,6,11-16H2. The highest BCUT2D eigenvalue weighted by molar-refractivity contribution is 5.86. The van der Waals surface area contributed by atoms with E-state index in [-0.39, 0.29) is 5.95 Å². The van der Waals surface area contributed by atoms with Crippen LogP contribution in [0.4, 0.5) is 5.69 Å². The van der Waals surface area contributed by atoms with Crippen LogP contribution in [0, 0.1) is 0 Å². The summed E-state index contributed by atoms with van der Waals surface area (Å²) in [5.74, 6) is 0.317. The van der Waals surface area contributed by atoms with Crippen molar-refractivity contribution in [1.82, 2.24) is 4.90 Å². The molecule has 1 aromatic heterocycles. The number of piperazine rings is 1. The highest BCUT2D eigenvalue weighted by Gasteiger charge is 2.17. The number of anilines is 1. The third-order valence-electron chi connectivity index (χ3n) is 4.89. The molecule has 1 aliphatic heterocycles. The van der Waals surface area contributed by atoms with Gasteiger partial charge in [0.15, 0.2) is 0 Å². The van der Waals surface area contributed by atoms with Gasteiger partial charge in [-0.3, -0.25) is 4.90 Å². The zero-order valence-electron chi connectivity index (χ0n) is 14.8. The summed E-state index contributed by atoms with van der Waals surface area (Å²) in [5, 5.41) is 10.7. The molecule has 0 bridgehead atoms. The number of hydrogen-bond acceptors (Lipinski definition) is 5. The van der Waals surface area contributed by atoms with Gasteiger partial charge in [-0.1, -0.05) is 30.3 Å². The van der Waals surface area contributed by atoms with Crippen molar-refractivity contribution in [3.63, 3.8) is 0 Å². The molecule has 5 heteroatoms. The molecule has 5 nitrogen and oxygen atoms in total. The highest BCUT2D eigenvalue weighted by atomic mass is 16.5. The van der Waals surface area contributed by atoms with Gasteiger partial charge in [0.2, 0.25) is 5.75 Å². The maximum absolute atomic E-state index is 9.91. The van der Waals surface area contributed by atoms with Gasteiger partial charge in [0.1, 0.15) is 5.58 Å². The summed E-state index contributed by atoms with van der Waals surface area (Å²) in [5.41, 5.74) is 1.95. The van der Waals surface area contributed by atoms with Crippen molar-refractivity contribution in [3.8, 4) is 11.7 Å². The lowest BCUT2D eigenvalue weighted by molar-refractivity contribution is 0.218. The molecule has 0 saturated carbocycles. The lowest BCUT2D eigenvalue weighted by Crippen LogP contribution is -2.46. The van der Waals surface area contributed by atoms with Gasteiger partial charge in [-0.2, -0.15) is 0 Å². The number of fused-ring (bicyclic) bond motifs is 1. The fourth-order valence-corrected chi connectivity index (χ4v) is 3.48. The molecule has 1 fully saturated rings. The van der Waals surface area contributed by atoms with Crippen molar-refractivity contribution in [2.45, 2.75) is 6.42 Å². The molecule has 2 heterocycles. The molecule has 1 saturated heterocycles. The maximum atomic E-state index is 9.91. The predicted molar refractivity (Wildman–Crippen MR) is 103 cm³/mol. The summed E-state index contributed by atoms with van der Waals surface area (Å²) in [4.78, 5) is 4.90. The number of furan rings is 1. The van der Waals surface area contributed by atoms with E-state index in [2.05, 4.69) is 40.1 Å². The van der Waals surface area contributed by atoms with Gasteiger partial charge >= 0.3 is 5.95 Å². The number of rotatable bonds is 6. The van der Waals surface area contributed by atoms with E-state index in [0.29, 0.717) is 17.9 Å². The molecule has 0 radical (unpaired) electrons. The molecule has 26 heavy (non-hydrogen) atoms. The van der Waals surface area contributed by atoms with Crippen LogP contribution in [0.15, 0.2) is 59.0 Å². The fourth-order valence-electron chi connectivity index (χ4n) is 3.48. The van der Waals surface area contributed by atoms with Gasteiger partial charge in [0.05, 0.1) is 12.0 Å². The topological polar surface area (TPSA) is 49.1 Å². The normalized spacial score (nSPS) is 15.5. The second-order valence-corrected chi connectivity index (χ2v) is 6.60. The summed E-state index contributed by atoms with van der Waals surface area (Å²) in [7, 11) is 0. The largest absolute Gasteiger partial charge is 0.486 e. The number of benzene rings is 2. The van der Waals surface area contributed by atoms with Gasteiger partial charge in [-0.25, -0.2) is 0 Å². The lowest BCUT2D eigenvalue weighted by Gasteiger charge is -2.36. The van der Waals surface area contributed by atoms with Crippen LogP contribution < -0.4 is 9.64 Å². The molecule has 0 amide bonds. The van der Waals surface area contributed by atoms with E-state index >= 15 is 0 Å². The van der Waals surface area contributed by atoms with Crippen molar-refractivity contribution in [2.24, 2.45) is 0 Å². The summed E-state index contributed by atoms with van der Waals surface area (Å²) in [6, 6.07) is 18.1. The summed E-state index contributed by atoms with van der Waals surface area (Å²) < 4.78 is 11.1. The van der Waals surface area contributed by atoms with Crippen LogP contribution in [0.5, 0.6) is 11.7 Å². The zero-order valence-corrected chi connectivity index (χ0v) is 14.8. The number of para-hydroxylation sites is 2. The van der Waals surface area contributed by atoms with Gasteiger partial charge in [0, 0.05) is 38.4 Å². The van der Waals surface area contributed by atoms with Crippen molar-refractivity contribution >= 4 is 16.7 Å². The third-order valence-corrected chi connectivity index (χ3v) is 4.89. The minimum absolute atomic E-state index is 0.136. The Balaban J connectivity index is 1.23. The number of aromatic hydroxyl groups is 1. The summed E-state index contributed by atoms with van der Waals surface area (Å²) >= 11 is 0. The molecule has 3 aromatic rings. The number of ether oxygens (including phenoxy) is 1. The molecule has 4 rings (SSSR count). The summed E-state index contributed by atoms with van der Waals surface area (Å²) in [6.45, 7) is 5.80. The average Bonchev–Trinajstić information content (AvgIpc) is 3.01. The fraction of sp³-hybridized carbons (Fsp3) is 0.333. The SMILES string of the molecule is Oc1oc2ccccc2c1OCCCN1CCN(c2ccccc2)CC1. The van der Waals surface area contributed by atoms with Gasteiger partial charge < -0.3 is 19.2 Å². The molecule has 2 aromatic carbocycles. The molecule has 0 atom stereocenters. The number of hydrogen-bond donors (Lipinski definition) is 1. The van der Waals surface area contributed by atoms with E-state index in [1.165, 1.54) is 5.69 Å². The third kappa shape index (κ3) is 3.63. The minimum Gasteiger partial charge on any atom is -0.486 e. The lowest BCUT2D eigenvalue weighted by atomic mass is 10.2. The molecule has 0 spiro atoms. The molecule has 1 aliphatic rings. The molecule has 1 N–H and O–H groups in total. The Labute approximate surface area is 153 Å². The van der Waals surface area contributed by atoms with Crippen LogP contribution in [0.2, 0.25) is 0 Å². The van der Waals surface area contributed by atoms with E-state index in [1.807, 2.05) is 24.3 Å². The van der Waals surface area contributed by atoms with Crippen LogP contribution in [-0.4, -0.2) is 49.3 Å². The quantitative estimate of drug-likeness (QED) is 0.685. The van der Waals surface area contributed by atoms with Gasteiger partial charge in [0.25, 0.3) is 0 Å². The van der Waals surface area contributed by atoms with Crippen LogP contribution in [-0.2, 0) is 0 Å². The zero-order chi connectivity index (χ0) is 17.8. The highest BCUT2D eigenvalue weighted by Crippen LogP contribution is 2.37. The molecule has 136 valence electrons. The minimum atomic E-state index is -0.136. The maximum Gasteiger partial charge on any atom is 0.327 e. The Bertz CT molecular complexity index is 839. The van der Waals surface area contributed by atoms with Gasteiger partial charge in [-0.15, -0.1) is 0 Å². The molecular formula is C21H24N2O3. The number of nitrogens with zero attached hydrogens (tertiary/aromatic N) is 2. The van der Waals surface area contributed by atoms with E-state index in [1.54, 1.807) is 0 Å². The van der Waals surface area contributed by atoms with Crippen molar-refractivity contribution in [1.29, 1.82) is 0 Å². The first-order valence-electron chi connectivity index (χ1n) is 9.17. The van der Waals surface area contributed by atoms with E-state index in [0.717, 1.165) is 44.5 Å². The van der Waals surface area contributed by atoms with Crippen molar-refractivity contribution in [2.75, 3.05) is 44.2 Å². The first-order chi connectivity index (χ1) is 12.8. The van der Waals surface area contributed by atoms with Crippen LogP contribution in [0.25, 0.3) is 11.0 Å². The predicted octanol–water partition coefficient (Wildman–Crippen LogP) is 3.73. The van der Waals surface area contributed by atoms with E-state index < -0.39 is 0 Å². The van der Waals surface area contributed by atoms with E-state index in [4.69, 9.17) is 9.15 Å². The molecule has 0 unspecified atom stereocenters. The van der Waals surface area contributed by atoms with Crippen LogP contribution >= 0.6 is 0 Å². The van der Waals surface area contributed by atoms with E-state index in [9.17, 15) is 5.11 Å². The first-order valence-corrected chi connectivity index (χ1v) is 9.17. The van der Waals surface area contributed by atoms with Crippen LogP contribution in [0.1, 0.15) is 6.42 Å². The smallest absolute Gasteiger partial charge is 0.327 e.